The third-order valence-corrected chi connectivity index (χ3v) is 8.52. The lowest BCUT2D eigenvalue weighted by Crippen LogP contribution is -2.52. The predicted molar refractivity (Wildman–Crippen MR) is 156 cm³/mol. The van der Waals surface area contributed by atoms with Crippen LogP contribution in [0.15, 0.2) is 60.7 Å². The van der Waals surface area contributed by atoms with Gasteiger partial charge in [0.25, 0.3) is 0 Å². The van der Waals surface area contributed by atoms with Gasteiger partial charge in [-0.15, -0.1) is 0 Å². The molecule has 4 amide bonds. The van der Waals surface area contributed by atoms with E-state index in [0.717, 1.165) is 12.0 Å². The maximum Gasteiger partial charge on any atom is 0.243 e. The summed E-state index contributed by atoms with van der Waals surface area (Å²) in [5, 5.41) is 3.78. The van der Waals surface area contributed by atoms with Crippen LogP contribution in [0.3, 0.4) is 0 Å². The molecule has 9 heteroatoms. The molecular formula is C31H35Cl2N3O4. The fourth-order valence-corrected chi connectivity index (χ4v) is 5.81. The number of rotatable bonds is 11. The molecule has 1 N–H and O–H groups in total. The van der Waals surface area contributed by atoms with Gasteiger partial charge in [-0.3, -0.25) is 24.1 Å². The van der Waals surface area contributed by atoms with E-state index < -0.39 is 6.04 Å². The van der Waals surface area contributed by atoms with Gasteiger partial charge in [0.15, 0.2) is 0 Å². The molecule has 1 aliphatic carbocycles. The molecule has 1 fully saturated rings. The fourth-order valence-electron chi connectivity index (χ4n) is 5.29. The zero-order valence-electron chi connectivity index (χ0n) is 22.8. The molecule has 2 aromatic carbocycles. The standard InChI is InChI=1S/C31H35Cl2N3O4/c1-3-20(2)34-29(38)27(18-21-10-5-4-6-11-21)36(19-24-25(32)14-9-15-26(24)33)28(37)16-17-35-30(39)22-12-7-8-13-23(22)31(35)40/h4-11,14-15,20,22-23,27H,3,12-13,16-19H2,1-2H3,(H,34,38)/t20-,22-,23+,27-/m0/s1. The number of likely N-dealkylation sites (tertiary alicyclic amines) is 1. The Hall–Kier alpha value is -3.16. The minimum atomic E-state index is -0.868. The summed E-state index contributed by atoms with van der Waals surface area (Å²) in [5.74, 6) is -1.85. The molecule has 1 heterocycles. The van der Waals surface area contributed by atoms with Gasteiger partial charge >= 0.3 is 0 Å². The highest BCUT2D eigenvalue weighted by Crippen LogP contribution is 2.35. The van der Waals surface area contributed by atoms with Crippen molar-refractivity contribution in [3.05, 3.63) is 81.9 Å². The number of allylic oxidation sites excluding steroid dienone is 2. The number of fused-ring (bicyclic) bond motifs is 1. The quantitative estimate of drug-likeness (QED) is 0.291. The summed E-state index contributed by atoms with van der Waals surface area (Å²) in [6.07, 6.45) is 5.81. The van der Waals surface area contributed by atoms with Crippen LogP contribution in [0.25, 0.3) is 0 Å². The smallest absolute Gasteiger partial charge is 0.243 e. The number of carbonyl (C=O) groups is 4. The van der Waals surface area contributed by atoms with Crippen molar-refractivity contribution in [3.8, 4) is 0 Å². The van der Waals surface area contributed by atoms with Crippen LogP contribution in [0, 0.1) is 11.8 Å². The van der Waals surface area contributed by atoms with E-state index in [4.69, 9.17) is 23.2 Å². The first-order chi connectivity index (χ1) is 19.2. The van der Waals surface area contributed by atoms with Crippen LogP contribution < -0.4 is 5.32 Å². The van der Waals surface area contributed by atoms with Crippen LogP contribution in [0.4, 0.5) is 0 Å². The topological polar surface area (TPSA) is 86.8 Å². The first kappa shape index (κ1) is 29.8. The lowest BCUT2D eigenvalue weighted by Gasteiger charge is -2.33. The number of hydrogen-bond donors (Lipinski definition) is 1. The highest BCUT2D eigenvalue weighted by atomic mass is 35.5. The number of hydrogen-bond acceptors (Lipinski definition) is 4. The first-order valence-corrected chi connectivity index (χ1v) is 14.5. The number of halogens is 2. The third-order valence-electron chi connectivity index (χ3n) is 7.81. The summed E-state index contributed by atoms with van der Waals surface area (Å²) in [6.45, 7) is 3.84. The Kier molecular flexibility index (Phi) is 10.0. The van der Waals surface area contributed by atoms with Crippen LogP contribution in [0.1, 0.15) is 50.7 Å². The van der Waals surface area contributed by atoms with Crippen molar-refractivity contribution in [2.45, 2.75) is 64.6 Å². The summed E-state index contributed by atoms with van der Waals surface area (Å²) >= 11 is 13.0. The lowest BCUT2D eigenvalue weighted by atomic mass is 9.85. The zero-order chi connectivity index (χ0) is 28.8. The van der Waals surface area contributed by atoms with Crippen LogP contribution >= 0.6 is 23.2 Å². The van der Waals surface area contributed by atoms with E-state index in [2.05, 4.69) is 5.32 Å². The molecule has 4 atom stereocenters. The van der Waals surface area contributed by atoms with Gasteiger partial charge in [0.2, 0.25) is 23.6 Å². The highest BCUT2D eigenvalue weighted by molar-refractivity contribution is 6.36. The van der Waals surface area contributed by atoms with Crippen molar-refractivity contribution in [1.29, 1.82) is 0 Å². The summed E-state index contributed by atoms with van der Waals surface area (Å²) in [4.78, 5) is 56.3. The molecule has 1 aliphatic heterocycles. The van der Waals surface area contributed by atoms with Gasteiger partial charge in [-0.2, -0.15) is 0 Å². The molecule has 7 nitrogen and oxygen atoms in total. The number of imide groups is 1. The molecule has 40 heavy (non-hydrogen) atoms. The molecule has 0 unspecified atom stereocenters. The predicted octanol–water partition coefficient (Wildman–Crippen LogP) is 5.19. The Labute approximate surface area is 245 Å². The number of benzene rings is 2. The minimum Gasteiger partial charge on any atom is -0.352 e. The normalized spacial score (nSPS) is 19.8. The second kappa shape index (κ2) is 13.5. The van der Waals surface area contributed by atoms with E-state index in [1.54, 1.807) is 18.2 Å². The molecule has 1 saturated heterocycles. The van der Waals surface area contributed by atoms with Gasteiger partial charge in [0.1, 0.15) is 6.04 Å². The van der Waals surface area contributed by atoms with E-state index in [0.29, 0.717) is 28.5 Å². The van der Waals surface area contributed by atoms with Crippen molar-refractivity contribution in [1.82, 2.24) is 15.1 Å². The summed E-state index contributed by atoms with van der Waals surface area (Å²) in [5.41, 5.74) is 1.41. The molecular weight excluding hydrogens is 549 g/mol. The van der Waals surface area contributed by atoms with Crippen LogP contribution in [0.5, 0.6) is 0 Å². The summed E-state index contributed by atoms with van der Waals surface area (Å²) in [7, 11) is 0. The maximum atomic E-state index is 13.9. The molecule has 212 valence electrons. The van der Waals surface area contributed by atoms with E-state index >= 15 is 0 Å². The third kappa shape index (κ3) is 6.76. The molecule has 0 spiro atoms. The van der Waals surface area contributed by atoms with E-state index in [-0.39, 0.29) is 67.4 Å². The lowest BCUT2D eigenvalue weighted by molar-refractivity contribution is -0.144. The largest absolute Gasteiger partial charge is 0.352 e. The molecule has 2 aliphatic rings. The number of nitrogens with zero attached hydrogens (tertiary/aromatic N) is 2. The van der Waals surface area contributed by atoms with E-state index in [9.17, 15) is 19.2 Å². The van der Waals surface area contributed by atoms with Gasteiger partial charge in [-0.25, -0.2) is 0 Å². The first-order valence-electron chi connectivity index (χ1n) is 13.8. The van der Waals surface area contributed by atoms with Gasteiger partial charge in [-0.1, -0.05) is 78.7 Å². The van der Waals surface area contributed by atoms with Crippen molar-refractivity contribution in [2.75, 3.05) is 6.54 Å². The van der Waals surface area contributed by atoms with Crippen LogP contribution in [0.2, 0.25) is 10.0 Å². The second-order valence-electron chi connectivity index (χ2n) is 10.5. The molecule has 4 rings (SSSR count). The molecule has 0 saturated carbocycles. The van der Waals surface area contributed by atoms with Crippen LogP contribution in [-0.2, 0) is 32.1 Å². The second-order valence-corrected chi connectivity index (χ2v) is 11.3. The Morgan fingerprint density at radius 3 is 2.15 bits per heavy atom. The van der Waals surface area contributed by atoms with E-state index in [1.807, 2.05) is 56.3 Å². The fraction of sp³-hybridized carbons (Fsp3) is 0.419. The van der Waals surface area contributed by atoms with Gasteiger partial charge < -0.3 is 10.2 Å². The van der Waals surface area contributed by atoms with Crippen molar-refractivity contribution >= 4 is 46.8 Å². The minimum absolute atomic E-state index is 0.000170. The average molecular weight is 585 g/mol. The Bertz CT molecular complexity index is 1240. The zero-order valence-corrected chi connectivity index (χ0v) is 24.3. The summed E-state index contributed by atoms with van der Waals surface area (Å²) in [6, 6.07) is 13.6. The molecule has 0 radical (unpaired) electrons. The highest BCUT2D eigenvalue weighted by Gasteiger charge is 2.47. The Morgan fingerprint density at radius 2 is 1.57 bits per heavy atom. The van der Waals surface area contributed by atoms with Gasteiger partial charge in [0.05, 0.1) is 11.8 Å². The van der Waals surface area contributed by atoms with Gasteiger partial charge in [0, 0.05) is 47.6 Å². The average Bonchev–Trinajstić information content (AvgIpc) is 3.20. The van der Waals surface area contributed by atoms with E-state index in [1.165, 1.54) is 9.80 Å². The van der Waals surface area contributed by atoms with Crippen LogP contribution in [-0.4, -0.2) is 52.1 Å². The Balaban J connectivity index is 1.63. The number of nitrogens with one attached hydrogen (secondary N) is 1. The molecule has 0 bridgehead atoms. The summed E-state index contributed by atoms with van der Waals surface area (Å²) < 4.78 is 0. The molecule has 2 aromatic rings. The monoisotopic (exact) mass is 583 g/mol. The van der Waals surface area contributed by atoms with Crippen molar-refractivity contribution in [3.63, 3.8) is 0 Å². The van der Waals surface area contributed by atoms with Gasteiger partial charge in [-0.05, 0) is 43.9 Å². The SMILES string of the molecule is CC[C@H](C)NC(=O)[C@H](Cc1ccccc1)N(Cc1c(Cl)cccc1Cl)C(=O)CCN1C(=O)[C@H]2CC=CC[C@H]2C1=O. The Morgan fingerprint density at radius 1 is 0.975 bits per heavy atom. The number of amides is 4. The van der Waals surface area contributed by atoms with Crippen molar-refractivity contribution in [2.24, 2.45) is 11.8 Å². The number of carbonyl (C=O) groups excluding carboxylic acids is 4. The van der Waals surface area contributed by atoms with Crippen molar-refractivity contribution < 1.29 is 19.2 Å². The molecule has 0 aromatic heterocycles. The maximum absolute atomic E-state index is 13.9.